The van der Waals surface area contributed by atoms with Crippen LogP contribution in [0.15, 0.2) is 22.7 Å². The molecule has 0 unspecified atom stereocenters. The van der Waals surface area contributed by atoms with E-state index >= 15 is 0 Å². The second kappa shape index (κ2) is 4.61. The number of hydrogen-bond acceptors (Lipinski definition) is 2. The normalized spacial score (nSPS) is 11.6. The Morgan fingerprint density at radius 3 is 2.64 bits per heavy atom. The minimum absolute atomic E-state index is 0.236. The average molecular weight is 300 g/mol. The topological polar surface area (TPSA) is 54.4 Å². The van der Waals surface area contributed by atoms with Crippen LogP contribution in [-0.4, -0.2) is 18.7 Å². The van der Waals surface area contributed by atoms with E-state index in [0.717, 1.165) is 10.0 Å². The molecule has 0 saturated carbocycles. The van der Waals surface area contributed by atoms with Crippen LogP contribution in [0.2, 0.25) is 5.02 Å². The van der Waals surface area contributed by atoms with E-state index in [1.165, 1.54) is 0 Å². The molecule has 0 amide bonds. The standard InChI is InChI=1S/C8H8BrClO3S/c9-8-2-1-7(10)5-6(8)3-4-14(11,12)13/h1-2,5H,3-4H2,(H,11,12,13). The second-order valence-corrected chi connectivity index (χ2v) is 5.63. The first-order chi connectivity index (χ1) is 6.38. The van der Waals surface area contributed by atoms with E-state index in [1.807, 2.05) is 0 Å². The first-order valence-corrected chi connectivity index (χ1v) is 6.55. The summed E-state index contributed by atoms with van der Waals surface area (Å²) in [6, 6.07) is 5.10. The Kier molecular flexibility index (Phi) is 3.94. The minimum atomic E-state index is -3.92. The summed E-state index contributed by atoms with van der Waals surface area (Å²) in [5, 5.41) is 0.540. The van der Waals surface area contributed by atoms with Gasteiger partial charge in [-0.1, -0.05) is 27.5 Å². The fraction of sp³-hybridized carbons (Fsp3) is 0.250. The van der Waals surface area contributed by atoms with Crippen molar-refractivity contribution in [1.29, 1.82) is 0 Å². The molecule has 0 aromatic heterocycles. The highest BCUT2D eigenvalue weighted by Gasteiger charge is 2.07. The van der Waals surface area contributed by atoms with Gasteiger partial charge in [-0.05, 0) is 30.2 Å². The maximum atomic E-state index is 10.5. The second-order valence-electron chi connectivity index (χ2n) is 2.77. The SMILES string of the molecule is O=S(=O)(O)CCc1cc(Cl)ccc1Br. The highest BCUT2D eigenvalue weighted by atomic mass is 79.9. The zero-order valence-electron chi connectivity index (χ0n) is 7.07. The Hall–Kier alpha value is -0.100. The molecule has 3 nitrogen and oxygen atoms in total. The Balaban J connectivity index is 2.81. The van der Waals surface area contributed by atoms with Gasteiger partial charge < -0.3 is 0 Å². The highest BCUT2D eigenvalue weighted by molar-refractivity contribution is 9.10. The van der Waals surface area contributed by atoms with Gasteiger partial charge in [0.15, 0.2) is 0 Å². The molecule has 0 aliphatic rings. The Bertz CT molecular complexity index is 430. The van der Waals surface area contributed by atoms with Crippen LogP contribution in [0.25, 0.3) is 0 Å². The van der Waals surface area contributed by atoms with Gasteiger partial charge in [-0.15, -0.1) is 0 Å². The molecule has 0 saturated heterocycles. The lowest BCUT2D eigenvalue weighted by atomic mass is 10.2. The quantitative estimate of drug-likeness (QED) is 0.873. The van der Waals surface area contributed by atoms with Gasteiger partial charge >= 0.3 is 0 Å². The van der Waals surface area contributed by atoms with Gasteiger partial charge in [0.25, 0.3) is 10.1 Å². The van der Waals surface area contributed by atoms with E-state index in [1.54, 1.807) is 18.2 Å². The van der Waals surface area contributed by atoms with Crippen LogP contribution in [0.4, 0.5) is 0 Å². The van der Waals surface area contributed by atoms with Crippen molar-refractivity contribution in [3.8, 4) is 0 Å². The molecular weight excluding hydrogens is 292 g/mol. The van der Waals surface area contributed by atoms with Crippen molar-refractivity contribution in [2.24, 2.45) is 0 Å². The third-order valence-corrected chi connectivity index (χ3v) is 3.37. The summed E-state index contributed by atoms with van der Waals surface area (Å²) >= 11 is 9.00. The lowest BCUT2D eigenvalue weighted by Gasteiger charge is -2.03. The smallest absolute Gasteiger partial charge is 0.265 e. The molecule has 78 valence electrons. The predicted molar refractivity (Wildman–Crippen MR) is 59.3 cm³/mol. The zero-order valence-corrected chi connectivity index (χ0v) is 10.2. The van der Waals surface area contributed by atoms with Crippen LogP contribution in [-0.2, 0) is 16.5 Å². The van der Waals surface area contributed by atoms with Crippen molar-refractivity contribution in [3.63, 3.8) is 0 Å². The molecule has 14 heavy (non-hydrogen) atoms. The summed E-state index contributed by atoms with van der Waals surface area (Å²) < 4.78 is 30.4. The third-order valence-electron chi connectivity index (χ3n) is 1.64. The van der Waals surface area contributed by atoms with Gasteiger partial charge in [0.1, 0.15) is 0 Å². The van der Waals surface area contributed by atoms with Crippen LogP contribution in [0.3, 0.4) is 0 Å². The van der Waals surface area contributed by atoms with Crippen LogP contribution in [0, 0.1) is 0 Å². The van der Waals surface area contributed by atoms with E-state index in [9.17, 15) is 8.42 Å². The van der Waals surface area contributed by atoms with Crippen molar-refractivity contribution in [2.75, 3.05) is 5.75 Å². The molecule has 0 spiro atoms. The van der Waals surface area contributed by atoms with E-state index in [4.69, 9.17) is 16.2 Å². The zero-order chi connectivity index (χ0) is 10.8. The molecule has 0 aliphatic carbocycles. The highest BCUT2D eigenvalue weighted by Crippen LogP contribution is 2.21. The number of rotatable bonds is 3. The molecule has 0 aliphatic heterocycles. The first kappa shape index (κ1) is 12.0. The van der Waals surface area contributed by atoms with Gasteiger partial charge in [0, 0.05) is 9.50 Å². The van der Waals surface area contributed by atoms with E-state index < -0.39 is 10.1 Å². The minimum Gasteiger partial charge on any atom is -0.286 e. The van der Waals surface area contributed by atoms with Crippen molar-refractivity contribution < 1.29 is 13.0 Å². The van der Waals surface area contributed by atoms with Gasteiger partial charge in [0.2, 0.25) is 0 Å². The summed E-state index contributed by atoms with van der Waals surface area (Å²) in [5.41, 5.74) is 0.759. The van der Waals surface area contributed by atoms with Crippen molar-refractivity contribution in [3.05, 3.63) is 33.3 Å². The summed E-state index contributed by atoms with van der Waals surface area (Å²) in [4.78, 5) is 0. The Labute approximate surface area is 96.0 Å². The lowest BCUT2D eigenvalue weighted by Crippen LogP contribution is -2.06. The van der Waals surface area contributed by atoms with Gasteiger partial charge in [-0.25, -0.2) is 0 Å². The molecular formula is C8H8BrClO3S. The molecule has 1 rings (SSSR count). The number of benzene rings is 1. The molecule has 1 aromatic rings. The van der Waals surface area contributed by atoms with Crippen LogP contribution < -0.4 is 0 Å². The first-order valence-electron chi connectivity index (χ1n) is 3.77. The fourth-order valence-corrected chi connectivity index (χ4v) is 2.09. The van der Waals surface area contributed by atoms with Crippen LogP contribution in [0.1, 0.15) is 5.56 Å². The van der Waals surface area contributed by atoms with E-state index in [-0.39, 0.29) is 12.2 Å². The van der Waals surface area contributed by atoms with Crippen molar-refractivity contribution >= 4 is 37.6 Å². The lowest BCUT2D eigenvalue weighted by molar-refractivity contribution is 0.482. The summed E-state index contributed by atoms with van der Waals surface area (Å²) in [7, 11) is -3.92. The van der Waals surface area contributed by atoms with Crippen molar-refractivity contribution in [1.82, 2.24) is 0 Å². The van der Waals surface area contributed by atoms with E-state index in [2.05, 4.69) is 15.9 Å². The Morgan fingerprint density at radius 2 is 2.07 bits per heavy atom. The number of hydrogen-bond donors (Lipinski definition) is 1. The summed E-state index contributed by atoms with van der Waals surface area (Å²) in [6.07, 6.45) is 0.236. The molecule has 6 heteroatoms. The molecule has 0 atom stereocenters. The third kappa shape index (κ3) is 3.96. The molecule has 0 radical (unpaired) electrons. The van der Waals surface area contributed by atoms with Crippen LogP contribution in [0.5, 0.6) is 0 Å². The molecule has 0 fully saturated rings. The summed E-state index contributed by atoms with van der Waals surface area (Å²) in [5.74, 6) is -0.300. The maximum absolute atomic E-state index is 10.5. The van der Waals surface area contributed by atoms with Gasteiger partial charge in [0.05, 0.1) is 5.75 Å². The molecule has 1 N–H and O–H groups in total. The van der Waals surface area contributed by atoms with E-state index in [0.29, 0.717) is 5.02 Å². The largest absolute Gasteiger partial charge is 0.286 e. The molecule has 1 aromatic carbocycles. The predicted octanol–water partition coefficient (Wildman–Crippen LogP) is 2.53. The van der Waals surface area contributed by atoms with Crippen LogP contribution >= 0.6 is 27.5 Å². The monoisotopic (exact) mass is 298 g/mol. The fourth-order valence-electron chi connectivity index (χ4n) is 0.974. The average Bonchev–Trinajstić information content (AvgIpc) is 2.05. The van der Waals surface area contributed by atoms with Gasteiger partial charge in [-0.2, -0.15) is 8.42 Å². The Morgan fingerprint density at radius 1 is 1.43 bits per heavy atom. The van der Waals surface area contributed by atoms with Gasteiger partial charge in [-0.3, -0.25) is 4.55 Å². The number of halogens is 2. The maximum Gasteiger partial charge on any atom is 0.265 e. The molecule has 0 bridgehead atoms. The summed E-state index contributed by atoms with van der Waals surface area (Å²) in [6.45, 7) is 0. The number of aryl methyl sites for hydroxylation is 1. The van der Waals surface area contributed by atoms with Crippen molar-refractivity contribution in [2.45, 2.75) is 6.42 Å². The molecule has 0 heterocycles.